The molecule has 0 aromatic carbocycles. The number of esters is 1. The van der Waals surface area contributed by atoms with Gasteiger partial charge in [0.05, 0.1) is 19.1 Å². The lowest BCUT2D eigenvalue weighted by molar-refractivity contribution is -0.141. The van der Waals surface area contributed by atoms with E-state index >= 15 is 0 Å². The molecule has 1 aromatic heterocycles. The average Bonchev–Trinajstić information content (AvgIpc) is 2.94. The van der Waals surface area contributed by atoms with Gasteiger partial charge >= 0.3 is 5.97 Å². The van der Waals surface area contributed by atoms with Crippen molar-refractivity contribution in [3.63, 3.8) is 0 Å². The summed E-state index contributed by atoms with van der Waals surface area (Å²) in [6.07, 6.45) is 3.56. The predicted octanol–water partition coefficient (Wildman–Crippen LogP) is 1.29. The van der Waals surface area contributed by atoms with E-state index in [1.807, 2.05) is 0 Å². The Hall–Kier alpha value is -2.11. The third kappa shape index (κ3) is 3.07. The minimum atomic E-state index is -0.279. The first-order chi connectivity index (χ1) is 9.65. The Morgan fingerprint density at radius 2 is 2.30 bits per heavy atom. The van der Waals surface area contributed by atoms with Crippen molar-refractivity contribution in [1.29, 1.82) is 0 Å². The van der Waals surface area contributed by atoms with Crippen LogP contribution in [0.15, 0.2) is 18.3 Å². The molecule has 0 saturated carbocycles. The third-order valence-corrected chi connectivity index (χ3v) is 3.53. The minimum Gasteiger partial charge on any atom is -0.469 e. The molecule has 2 heterocycles. The predicted molar refractivity (Wildman–Crippen MR) is 74.5 cm³/mol. The molecule has 1 amide bonds. The molecule has 1 saturated heterocycles. The van der Waals surface area contributed by atoms with E-state index in [-0.39, 0.29) is 24.3 Å². The summed E-state index contributed by atoms with van der Waals surface area (Å²) in [4.78, 5) is 29.7. The van der Waals surface area contributed by atoms with Gasteiger partial charge in [-0.05, 0) is 25.0 Å². The van der Waals surface area contributed by atoms with Crippen LogP contribution in [0.5, 0.6) is 0 Å². The van der Waals surface area contributed by atoms with E-state index in [4.69, 9.17) is 0 Å². The van der Waals surface area contributed by atoms with Gasteiger partial charge in [-0.25, -0.2) is 4.98 Å². The number of pyridine rings is 1. The number of hydrogen-bond donors (Lipinski definition) is 1. The number of nitrogens with zero attached hydrogens (tertiary/aromatic N) is 2. The number of rotatable bonds is 4. The van der Waals surface area contributed by atoms with E-state index < -0.39 is 0 Å². The Kier molecular flexibility index (Phi) is 4.55. The number of anilines is 1. The molecular weight excluding hydrogens is 258 g/mol. The number of methoxy groups -OCH3 is 1. The lowest BCUT2D eigenvalue weighted by Gasteiger charge is -2.23. The zero-order chi connectivity index (χ0) is 14.5. The van der Waals surface area contributed by atoms with Crippen LogP contribution < -0.4 is 5.32 Å². The Labute approximate surface area is 118 Å². The maximum atomic E-state index is 12.4. The highest BCUT2D eigenvalue weighted by atomic mass is 16.5. The Bertz CT molecular complexity index is 487. The first kappa shape index (κ1) is 14.3. The first-order valence-corrected chi connectivity index (χ1v) is 6.67. The van der Waals surface area contributed by atoms with Crippen LogP contribution in [0.25, 0.3) is 0 Å². The number of carbonyl (C=O) groups is 2. The topological polar surface area (TPSA) is 71.5 Å². The molecular formula is C14H19N3O3. The van der Waals surface area contributed by atoms with Gasteiger partial charge in [-0.15, -0.1) is 0 Å². The molecule has 1 aliphatic rings. The van der Waals surface area contributed by atoms with Crippen molar-refractivity contribution in [2.45, 2.75) is 25.3 Å². The van der Waals surface area contributed by atoms with E-state index in [0.717, 1.165) is 12.8 Å². The van der Waals surface area contributed by atoms with Gasteiger partial charge in [-0.2, -0.15) is 0 Å². The summed E-state index contributed by atoms with van der Waals surface area (Å²) in [6, 6.07) is 3.44. The molecule has 0 radical (unpaired) electrons. The number of ether oxygens (including phenoxy) is 1. The van der Waals surface area contributed by atoms with Crippen molar-refractivity contribution in [3.8, 4) is 0 Å². The van der Waals surface area contributed by atoms with Gasteiger partial charge in [0, 0.05) is 25.8 Å². The number of hydrogen-bond acceptors (Lipinski definition) is 5. The quantitative estimate of drug-likeness (QED) is 0.840. The SMILES string of the molecule is CNc1ccc(C(=O)N2CCC[C@H]2CC(=O)OC)cn1. The molecule has 1 fully saturated rings. The molecule has 0 spiro atoms. The molecule has 0 aliphatic carbocycles. The third-order valence-electron chi connectivity index (χ3n) is 3.53. The summed E-state index contributed by atoms with van der Waals surface area (Å²) in [5.41, 5.74) is 0.542. The number of aromatic nitrogens is 1. The van der Waals surface area contributed by atoms with Crippen LogP contribution in [0.3, 0.4) is 0 Å². The van der Waals surface area contributed by atoms with Crippen molar-refractivity contribution in [3.05, 3.63) is 23.9 Å². The summed E-state index contributed by atoms with van der Waals surface area (Å²) < 4.78 is 4.68. The van der Waals surface area contributed by atoms with Gasteiger partial charge in [0.2, 0.25) is 0 Å². The van der Waals surface area contributed by atoms with Crippen LogP contribution in [0.4, 0.5) is 5.82 Å². The van der Waals surface area contributed by atoms with Crippen LogP contribution >= 0.6 is 0 Å². The van der Waals surface area contributed by atoms with Gasteiger partial charge in [0.25, 0.3) is 5.91 Å². The van der Waals surface area contributed by atoms with Crippen molar-refractivity contribution in [2.75, 3.05) is 26.0 Å². The molecule has 6 nitrogen and oxygen atoms in total. The van der Waals surface area contributed by atoms with E-state index in [9.17, 15) is 9.59 Å². The first-order valence-electron chi connectivity index (χ1n) is 6.67. The lowest BCUT2D eigenvalue weighted by atomic mass is 10.1. The summed E-state index contributed by atoms with van der Waals surface area (Å²) >= 11 is 0. The van der Waals surface area contributed by atoms with E-state index in [1.165, 1.54) is 7.11 Å². The Morgan fingerprint density at radius 3 is 2.90 bits per heavy atom. The van der Waals surface area contributed by atoms with Crippen LogP contribution in [0.1, 0.15) is 29.6 Å². The molecule has 0 bridgehead atoms. The maximum Gasteiger partial charge on any atom is 0.307 e. The molecule has 1 aliphatic heterocycles. The van der Waals surface area contributed by atoms with Crippen molar-refractivity contribution < 1.29 is 14.3 Å². The highest BCUT2D eigenvalue weighted by Gasteiger charge is 2.31. The van der Waals surface area contributed by atoms with Crippen LogP contribution in [-0.2, 0) is 9.53 Å². The fourth-order valence-corrected chi connectivity index (χ4v) is 2.43. The van der Waals surface area contributed by atoms with Crippen LogP contribution in [-0.4, -0.2) is 48.5 Å². The zero-order valence-corrected chi connectivity index (χ0v) is 11.8. The van der Waals surface area contributed by atoms with E-state index in [2.05, 4.69) is 15.0 Å². The van der Waals surface area contributed by atoms with Gasteiger partial charge in [0.15, 0.2) is 0 Å². The molecule has 0 unspecified atom stereocenters. The smallest absolute Gasteiger partial charge is 0.307 e. The van der Waals surface area contributed by atoms with Crippen LogP contribution in [0.2, 0.25) is 0 Å². The zero-order valence-electron chi connectivity index (χ0n) is 11.8. The summed E-state index contributed by atoms with van der Waals surface area (Å²) in [5, 5.41) is 2.91. The van der Waals surface area contributed by atoms with E-state index in [1.54, 1.807) is 30.3 Å². The standard InChI is InChI=1S/C14H19N3O3/c1-15-12-6-5-10(9-16-12)14(19)17-7-3-4-11(17)8-13(18)20-2/h5-6,9,11H,3-4,7-8H2,1-2H3,(H,15,16)/t11-/m0/s1. The maximum absolute atomic E-state index is 12.4. The fraction of sp³-hybridized carbons (Fsp3) is 0.500. The molecule has 1 atom stereocenters. The van der Waals surface area contributed by atoms with E-state index in [0.29, 0.717) is 17.9 Å². The van der Waals surface area contributed by atoms with Gasteiger partial charge in [-0.3, -0.25) is 9.59 Å². The molecule has 1 aromatic rings. The van der Waals surface area contributed by atoms with Crippen LogP contribution in [0, 0.1) is 0 Å². The summed E-state index contributed by atoms with van der Waals surface area (Å²) in [6.45, 7) is 0.675. The second-order valence-corrected chi connectivity index (χ2v) is 4.76. The molecule has 6 heteroatoms. The highest BCUT2D eigenvalue weighted by Crippen LogP contribution is 2.23. The highest BCUT2D eigenvalue weighted by molar-refractivity contribution is 5.94. The normalized spacial score (nSPS) is 17.9. The second kappa shape index (κ2) is 6.36. The molecule has 1 N–H and O–H groups in total. The molecule has 2 rings (SSSR count). The van der Waals surface area contributed by atoms with Crippen molar-refractivity contribution >= 4 is 17.7 Å². The molecule has 20 heavy (non-hydrogen) atoms. The van der Waals surface area contributed by atoms with Gasteiger partial charge in [0.1, 0.15) is 5.82 Å². The molecule has 108 valence electrons. The monoisotopic (exact) mass is 277 g/mol. The minimum absolute atomic E-state index is 0.0704. The lowest BCUT2D eigenvalue weighted by Crippen LogP contribution is -2.37. The Morgan fingerprint density at radius 1 is 1.50 bits per heavy atom. The summed E-state index contributed by atoms with van der Waals surface area (Å²) in [7, 11) is 3.14. The number of nitrogens with one attached hydrogen (secondary N) is 1. The van der Waals surface area contributed by atoms with Crippen molar-refractivity contribution in [1.82, 2.24) is 9.88 Å². The number of amides is 1. The summed E-state index contributed by atoms with van der Waals surface area (Å²) in [5.74, 6) is 0.360. The average molecular weight is 277 g/mol. The Balaban J connectivity index is 2.08. The number of likely N-dealkylation sites (tertiary alicyclic amines) is 1. The van der Waals surface area contributed by atoms with Gasteiger partial charge in [-0.1, -0.05) is 0 Å². The second-order valence-electron chi connectivity index (χ2n) is 4.76. The van der Waals surface area contributed by atoms with Gasteiger partial charge < -0.3 is 15.0 Å². The number of carbonyl (C=O) groups excluding carboxylic acids is 2. The largest absolute Gasteiger partial charge is 0.469 e. The van der Waals surface area contributed by atoms with Crippen molar-refractivity contribution in [2.24, 2.45) is 0 Å². The fourth-order valence-electron chi connectivity index (χ4n) is 2.43.